The molecule has 0 bridgehead atoms. The molecule has 1 aliphatic rings. The fourth-order valence-electron chi connectivity index (χ4n) is 2.43. The molecule has 1 fully saturated rings. The molecule has 2 nitrogen and oxygen atoms in total. The molecule has 0 atom stereocenters. The maximum absolute atomic E-state index is 3.58. The fraction of sp³-hybridized carbons (Fsp3) is 0.647. The topological polar surface area (TPSA) is 24.1 Å². The maximum Gasteiger partial charge on any atom is 0.0400 e. The highest BCUT2D eigenvalue weighted by molar-refractivity contribution is 5.59. The molecule has 1 aromatic carbocycles. The average Bonchev–Trinajstić information content (AvgIpc) is 3.09. The predicted octanol–water partition coefficient (Wildman–Crippen LogP) is 3.76. The van der Waals surface area contributed by atoms with Crippen LogP contribution in [0.2, 0.25) is 0 Å². The number of rotatable bonds is 5. The number of hydrogen-bond acceptors (Lipinski definition) is 2. The van der Waals surface area contributed by atoms with Gasteiger partial charge in [0.25, 0.3) is 0 Å². The van der Waals surface area contributed by atoms with Crippen molar-refractivity contribution in [2.45, 2.75) is 58.9 Å². The molecule has 0 aliphatic heterocycles. The van der Waals surface area contributed by atoms with E-state index in [0.29, 0.717) is 0 Å². The van der Waals surface area contributed by atoms with Crippen molar-refractivity contribution < 1.29 is 0 Å². The summed E-state index contributed by atoms with van der Waals surface area (Å²) in [6.07, 6.45) is 2.72. The van der Waals surface area contributed by atoms with Crippen molar-refractivity contribution >= 4 is 5.69 Å². The summed E-state index contributed by atoms with van der Waals surface area (Å²) in [5, 5.41) is 7.12. The van der Waals surface area contributed by atoms with Gasteiger partial charge >= 0.3 is 0 Å². The quantitative estimate of drug-likeness (QED) is 0.788. The van der Waals surface area contributed by atoms with Crippen molar-refractivity contribution in [3.63, 3.8) is 0 Å². The molecule has 2 N–H and O–H groups in total. The third kappa shape index (κ3) is 3.97. The van der Waals surface area contributed by atoms with E-state index in [4.69, 9.17) is 0 Å². The zero-order valence-corrected chi connectivity index (χ0v) is 13.1. The third-order valence-electron chi connectivity index (χ3n) is 3.84. The SMILES string of the molecule is Cc1cc(C(C)(C)C)cc(C)c1NCCNC1CC1. The number of benzene rings is 1. The predicted molar refractivity (Wildman–Crippen MR) is 84.1 cm³/mol. The van der Waals surface area contributed by atoms with E-state index in [0.717, 1.165) is 19.1 Å². The maximum atomic E-state index is 3.58. The number of nitrogens with one attached hydrogen (secondary N) is 2. The molecule has 1 saturated carbocycles. The van der Waals surface area contributed by atoms with E-state index in [1.807, 2.05) is 0 Å². The monoisotopic (exact) mass is 260 g/mol. The Morgan fingerprint density at radius 1 is 1.05 bits per heavy atom. The van der Waals surface area contributed by atoms with Gasteiger partial charge in [-0.3, -0.25) is 0 Å². The van der Waals surface area contributed by atoms with Crippen LogP contribution in [0.25, 0.3) is 0 Å². The minimum Gasteiger partial charge on any atom is -0.383 e. The van der Waals surface area contributed by atoms with E-state index < -0.39 is 0 Å². The average molecular weight is 260 g/mol. The molecule has 2 rings (SSSR count). The lowest BCUT2D eigenvalue weighted by Crippen LogP contribution is -2.24. The van der Waals surface area contributed by atoms with Crippen molar-refractivity contribution in [1.82, 2.24) is 5.32 Å². The van der Waals surface area contributed by atoms with Crippen LogP contribution in [0.3, 0.4) is 0 Å². The zero-order valence-electron chi connectivity index (χ0n) is 13.1. The molecule has 19 heavy (non-hydrogen) atoms. The zero-order chi connectivity index (χ0) is 14.0. The molecule has 0 unspecified atom stereocenters. The molecular formula is C17H28N2. The second kappa shape index (κ2) is 5.54. The van der Waals surface area contributed by atoms with Gasteiger partial charge in [-0.05, 0) is 48.8 Å². The summed E-state index contributed by atoms with van der Waals surface area (Å²) in [7, 11) is 0. The summed E-state index contributed by atoms with van der Waals surface area (Å²) in [4.78, 5) is 0. The largest absolute Gasteiger partial charge is 0.383 e. The second-order valence-corrected chi connectivity index (χ2v) is 6.89. The van der Waals surface area contributed by atoms with Crippen LogP contribution in [0.5, 0.6) is 0 Å². The number of aryl methyl sites for hydroxylation is 2. The molecule has 0 aromatic heterocycles. The highest BCUT2D eigenvalue weighted by atomic mass is 15.0. The summed E-state index contributed by atoms with van der Waals surface area (Å²) in [6, 6.07) is 5.44. The molecule has 1 aromatic rings. The van der Waals surface area contributed by atoms with E-state index in [1.165, 1.54) is 35.2 Å². The Morgan fingerprint density at radius 2 is 1.63 bits per heavy atom. The van der Waals surface area contributed by atoms with Gasteiger partial charge in [0.15, 0.2) is 0 Å². The first-order valence-corrected chi connectivity index (χ1v) is 7.47. The van der Waals surface area contributed by atoms with Gasteiger partial charge in [-0.2, -0.15) is 0 Å². The normalized spacial score (nSPS) is 15.6. The van der Waals surface area contributed by atoms with E-state index in [-0.39, 0.29) is 5.41 Å². The molecule has 2 heteroatoms. The Labute approximate surface area is 118 Å². The number of hydrogen-bond donors (Lipinski definition) is 2. The third-order valence-corrected chi connectivity index (χ3v) is 3.84. The van der Waals surface area contributed by atoms with Crippen LogP contribution in [-0.4, -0.2) is 19.1 Å². The first-order valence-electron chi connectivity index (χ1n) is 7.47. The summed E-state index contributed by atoms with van der Waals surface area (Å²) in [6.45, 7) is 13.3. The molecule has 0 radical (unpaired) electrons. The smallest absolute Gasteiger partial charge is 0.0400 e. The Bertz CT molecular complexity index is 416. The molecule has 0 spiro atoms. The van der Waals surface area contributed by atoms with Gasteiger partial charge in [0.1, 0.15) is 0 Å². The van der Waals surface area contributed by atoms with Gasteiger partial charge in [0.05, 0.1) is 0 Å². The Hall–Kier alpha value is -1.02. The Balaban J connectivity index is 1.99. The summed E-state index contributed by atoms with van der Waals surface area (Å²) in [5.41, 5.74) is 5.67. The lowest BCUT2D eigenvalue weighted by molar-refractivity contribution is 0.589. The molecule has 1 aliphatic carbocycles. The second-order valence-electron chi connectivity index (χ2n) is 6.89. The lowest BCUT2D eigenvalue weighted by atomic mass is 9.85. The minimum atomic E-state index is 0.224. The van der Waals surface area contributed by atoms with Crippen LogP contribution in [0.15, 0.2) is 12.1 Å². The highest BCUT2D eigenvalue weighted by Gasteiger charge is 2.19. The van der Waals surface area contributed by atoms with Crippen molar-refractivity contribution in [3.05, 3.63) is 28.8 Å². The Kier molecular flexibility index (Phi) is 4.19. The van der Waals surface area contributed by atoms with E-state index in [1.54, 1.807) is 0 Å². The van der Waals surface area contributed by atoms with Crippen molar-refractivity contribution in [1.29, 1.82) is 0 Å². The fourth-order valence-corrected chi connectivity index (χ4v) is 2.43. The summed E-state index contributed by atoms with van der Waals surface area (Å²) < 4.78 is 0. The van der Waals surface area contributed by atoms with Gasteiger partial charge in [0, 0.05) is 24.8 Å². The molecule has 106 valence electrons. The van der Waals surface area contributed by atoms with Gasteiger partial charge in [-0.25, -0.2) is 0 Å². The van der Waals surface area contributed by atoms with Gasteiger partial charge in [0.2, 0.25) is 0 Å². The van der Waals surface area contributed by atoms with E-state index in [9.17, 15) is 0 Å². The molecule has 0 amide bonds. The van der Waals surface area contributed by atoms with Gasteiger partial charge < -0.3 is 10.6 Å². The molecular weight excluding hydrogens is 232 g/mol. The lowest BCUT2D eigenvalue weighted by Gasteiger charge is -2.23. The van der Waals surface area contributed by atoms with Crippen molar-refractivity contribution in [2.24, 2.45) is 0 Å². The number of anilines is 1. The first-order chi connectivity index (χ1) is 8.88. The van der Waals surface area contributed by atoms with Gasteiger partial charge in [-0.15, -0.1) is 0 Å². The first kappa shape index (κ1) is 14.4. The van der Waals surface area contributed by atoms with Gasteiger partial charge in [-0.1, -0.05) is 32.9 Å². The molecule has 0 heterocycles. The van der Waals surface area contributed by atoms with Crippen molar-refractivity contribution in [2.75, 3.05) is 18.4 Å². The minimum absolute atomic E-state index is 0.224. The van der Waals surface area contributed by atoms with Crippen LogP contribution >= 0.6 is 0 Å². The molecule has 0 saturated heterocycles. The summed E-state index contributed by atoms with van der Waals surface area (Å²) in [5.74, 6) is 0. The van der Waals surface area contributed by atoms with Crippen LogP contribution < -0.4 is 10.6 Å². The van der Waals surface area contributed by atoms with Crippen LogP contribution in [0.4, 0.5) is 5.69 Å². The highest BCUT2D eigenvalue weighted by Crippen LogP contribution is 2.29. The van der Waals surface area contributed by atoms with E-state index in [2.05, 4.69) is 57.4 Å². The van der Waals surface area contributed by atoms with Crippen molar-refractivity contribution in [3.8, 4) is 0 Å². The standard InChI is InChI=1S/C17H28N2/c1-12-10-14(17(3,4)5)11-13(2)16(12)19-9-8-18-15-6-7-15/h10-11,15,18-19H,6-9H2,1-5H3. The van der Waals surface area contributed by atoms with Crippen LogP contribution in [0, 0.1) is 13.8 Å². The van der Waals surface area contributed by atoms with Crippen LogP contribution in [-0.2, 0) is 5.41 Å². The Morgan fingerprint density at radius 3 is 2.11 bits per heavy atom. The van der Waals surface area contributed by atoms with E-state index >= 15 is 0 Å². The van der Waals surface area contributed by atoms with Crippen LogP contribution in [0.1, 0.15) is 50.3 Å². The summed E-state index contributed by atoms with van der Waals surface area (Å²) >= 11 is 0.